The zero-order valence-corrected chi connectivity index (χ0v) is 13.6. The molecule has 7 heteroatoms. The second-order valence-corrected chi connectivity index (χ2v) is 5.22. The number of ether oxygens (including phenoxy) is 4. The molecule has 0 saturated carbocycles. The molecule has 0 unspecified atom stereocenters. The van der Waals surface area contributed by atoms with Gasteiger partial charge in [-0.3, -0.25) is 9.59 Å². The molecule has 0 spiro atoms. The molecule has 7 nitrogen and oxygen atoms in total. The maximum Gasteiger partial charge on any atom is 0.325 e. The van der Waals surface area contributed by atoms with Gasteiger partial charge < -0.3 is 24.3 Å². The summed E-state index contributed by atoms with van der Waals surface area (Å²) in [5.41, 5.74) is 1.13. The minimum absolute atomic E-state index is 0.0722. The molecule has 0 bridgehead atoms. The van der Waals surface area contributed by atoms with Crippen molar-refractivity contribution in [3.05, 3.63) is 53.6 Å². The van der Waals surface area contributed by atoms with E-state index in [9.17, 15) is 9.59 Å². The molecular formula is C18H17NO6. The van der Waals surface area contributed by atoms with Crippen LogP contribution in [0.4, 0.5) is 0 Å². The molecule has 1 amide bonds. The van der Waals surface area contributed by atoms with E-state index in [1.165, 1.54) is 0 Å². The Hall–Kier alpha value is -3.22. The molecule has 130 valence electrons. The normalized spacial score (nSPS) is 11.7. The summed E-state index contributed by atoms with van der Waals surface area (Å²) in [7, 11) is 1.55. The summed E-state index contributed by atoms with van der Waals surface area (Å²) in [4.78, 5) is 23.9. The molecule has 1 heterocycles. The number of esters is 1. The van der Waals surface area contributed by atoms with E-state index in [1.54, 1.807) is 37.4 Å². The van der Waals surface area contributed by atoms with Gasteiger partial charge in [-0.1, -0.05) is 18.2 Å². The minimum Gasteiger partial charge on any atom is -0.496 e. The summed E-state index contributed by atoms with van der Waals surface area (Å²) in [6.07, 6.45) is 0. The molecule has 0 radical (unpaired) electrons. The molecule has 1 aliphatic rings. The molecule has 0 fully saturated rings. The van der Waals surface area contributed by atoms with Crippen molar-refractivity contribution >= 4 is 11.9 Å². The summed E-state index contributed by atoms with van der Waals surface area (Å²) in [5.74, 6) is 0.798. The standard InChI is InChI=1S/C18H17NO6/c1-22-14-5-3-2-4-13(14)10-23-17(20)9-19-18(21)12-6-7-15-16(8-12)25-11-24-15/h2-8H,9-11H2,1H3,(H,19,21). The van der Waals surface area contributed by atoms with Crippen molar-refractivity contribution in [1.82, 2.24) is 5.32 Å². The van der Waals surface area contributed by atoms with Gasteiger partial charge in [0, 0.05) is 11.1 Å². The fourth-order valence-electron chi connectivity index (χ4n) is 2.32. The first-order valence-electron chi connectivity index (χ1n) is 7.63. The SMILES string of the molecule is COc1ccccc1COC(=O)CNC(=O)c1ccc2c(c1)OCO2. The number of fused-ring (bicyclic) bond motifs is 1. The van der Waals surface area contributed by atoms with E-state index in [0.717, 1.165) is 5.56 Å². The number of amides is 1. The number of hydrogen-bond donors (Lipinski definition) is 1. The number of carbonyl (C=O) groups excluding carboxylic acids is 2. The monoisotopic (exact) mass is 343 g/mol. The van der Waals surface area contributed by atoms with Crippen LogP contribution in [-0.4, -0.2) is 32.3 Å². The van der Waals surface area contributed by atoms with Crippen LogP contribution in [0.1, 0.15) is 15.9 Å². The van der Waals surface area contributed by atoms with Gasteiger partial charge in [0.15, 0.2) is 11.5 Å². The summed E-state index contributed by atoms with van der Waals surface area (Å²) in [6.45, 7) is -0.0269. The van der Waals surface area contributed by atoms with E-state index >= 15 is 0 Å². The van der Waals surface area contributed by atoms with E-state index < -0.39 is 11.9 Å². The zero-order chi connectivity index (χ0) is 17.6. The largest absolute Gasteiger partial charge is 0.496 e. The molecule has 0 aliphatic carbocycles. The average Bonchev–Trinajstić information content (AvgIpc) is 3.12. The highest BCUT2D eigenvalue weighted by Gasteiger charge is 2.17. The molecular weight excluding hydrogens is 326 g/mol. The molecule has 3 rings (SSSR count). The van der Waals surface area contributed by atoms with Gasteiger partial charge >= 0.3 is 5.97 Å². The van der Waals surface area contributed by atoms with E-state index in [2.05, 4.69) is 5.32 Å². The average molecular weight is 343 g/mol. The predicted molar refractivity (Wildman–Crippen MR) is 87.7 cm³/mol. The van der Waals surface area contributed by atoms with Gasteiger partial charge in [0.2, 0.25) is 6.79 Å². The van der Waals surface area contributed by atoms with Gasteiger partial charge in [-0.2, -0.15) is 0 Å². The van der Waals surface area contributed by atoms with Gasteiger partial charge in [-0.25, -0.2) is 0 Å². The highest BCUT2D eigenvalue weighted by molar-refractivity contribution is 5.96. The van der Waals surface area contributed by atoms with Crippen molar-refractivity contribution in [3.8, 4) is 17.2 Å². The van der Waals surface area contributed by atoms with Crippen LogP contribution in [0, 0.1) is 0 Å². The minimum atomic E-state index is -0.542. The lowest BCUT2D eigenvalue weighted by atomic mass is 10.2. The lowest BCUT2D eigenvalue weighted by Gasteiger charge is -2.09. The summed E-state index contributed by atoms with van der Waals surface area (Å²) in [6, 6.07) is 12.1. The van der Waals surface area contributed by atoms with Crippen molar-refractivity contribution < 1.29 is 28.5 Å². The highest BCUT2D eigenvalue weighted by Crippen LogP contribution is 2.32. The van der Waals surface area contributed by atoms with Crippen molar-refractivity contribution in [2.45, 2.75) is 6.61 Å². The van der Waals surface area contributed by atoms with Gasteiger partial charge in [-0.05, 0) is 24.3 Å². The van der Waals surface area contributed by atoms with Crippen LogP contribution < -0.4 is 19.5 Å². The van der Waals surface area contributed by atoms with Crippen LogP contribution >= 0.6 is 0 Å². The number of methoxy groups -OCH3 is 1. The Morgan fingerprint density at radius 1 is 1.12 bits per heavy atom. The number of rotatable bonds is 6. The Bertz CT molecular complexity index is 789. The third-order valence-electron chi connectivity index (χ3n) is 3.61. The molecule has 0 saturated heterocycles. The lowest BCUT2D eigenvalue weighted by Crippen LogP contribution is -2.30. The van der Waals surface area contributed by atoms with E-state index in [1.807, 2.05) is 12.1 Å². The Kier molecular flexibility index (Phi) is 5.03. The maximum atomic E-state index is 12.1. The van der Waals surface area contributed by atoms with Crippen molar-refractivity contribution in [2.75, 3.05) is 20.4 Å². The third kappa shape index (κ3) is 4.00. The van der Waals surface area contributed by atoms with Crippen LogP contribution in [0.3, 0.4) is 0 Å². The van der Waals surface area contributed by atoms with Gasteiger partial charge in [0.25, 0.3) is 5.91 Å². The first kappa shape index (κ1) is 16.6. The van der Waals surface area contributed by atoms with Gasteiger partial charge in [0.1, 0.15) is 18.9 Å². The Morgan fingerprint density at radius 3 is 2.76 bits per heavy atom. The summed E-state index contributed by atoms with van der Waals surface area (Å²) in [5, 5.41) is 2.51. The zero-order valence-electron chi connectivity index (χ0n) is 13.6. The molecule has 0 aromatic heterocycles. The molecule has 25 heavy (non-hydrogen) atoms. The Morgan fingerprint density at radius 2 is 1.92 bits per heavy atom. The second kappa shape index (κ2) is 7.57. The third-order valence-corrected chi connectivity index (χ3v) is 3.61. The van der Waals surface area contributed by atoms with Crippen LogP contribution in [0.2, 0.25) is 0 Å². The summed E-state index contributed by atoms with van der Waals surface area (Å²) < 4.78 is 20.7. The van der Waals surface area contributed by atoms with Gasteiger partial charge in [-0.15, -0.1) is 0 Å². The fraction of sp³-hybridized carbons (Fsp3) is 0.222. The van der Waals surface area contributed by atoms with E-state index in [-0.39, 0.29) is 19.9 Å². The number of para-hydroxylation sites is 1. The highest BCUT2D eigenvalue weighted by atomic mass is 16.7. The van der Waals surface area contributed by atoms with Crippen molar-refractivity contribution in [1.29, 1.82) is 0 Å². The summed E-state index contributed by atoms with van der Waals surface area (Å²) >= 11 is 0. The molecule has 2 aromatic rings. The Balaban J connectivity index is 1.49. The van der Waals surface area contributed by atoms with E-state index in [4.69, 9.17) is 18.9 Å². The van der Waals surface area contributed by atoms with Crippen molar-refractivity contribution in [3.63, 3.8) is 0 Å². The quantitative estimate of drug-likeness (QED) is 0.807. The van der Waals surface area contributed by atoms with Gasteiger partial charge in [0.05, 0.1) is 7.11 Å². The molecule has 2 aromatic carbocycles. The van der Waals surface area contributed by atoms with Crippen LogP contribution in [0.15, 0.2) is 42.5 Å². The van der Waals surface area contributed by atoms with Crippen LogP contribution in [0.25, 0.3) is 0 Å². The number of benzene rings is 2. The fourth-order valence-corrected chi connectivity index (χ4v) is 2.32. The topological polar surface area (TPSA) is 83.1 Å². The number of nitrogens with one attached hydrogen (secondary N) is 1. The second-order valence-electron chi connectivity index (χ2n) is 5.22. The number of hydrogen-bond acceptors (Lipinski definition) is 6. The smallest absolute Gasteiger partial charge is 0.325 e. The maximum absolute atomic E-state index is 12.1. The van der Waals surface area contributed by atoms with E-state index in [0.29, 0.717) is 22.8 Å². The predicted octanol–water partition coefficient (Wildman–Crippen LogP) is 1.90. The molecule has 1 aliphatic heterocycles. The van der Waals surface area contributed by atoms with Crippen molar-refractivity contribution in [2.24, 2.45) is 0 Å². The molecule has 1 N–H and O–H groups in total. The first-order chi connectivity index (χ1) is 12.2. The molecule has 0 atom stereocenters. The Labute approximate surface area is 144 Å². The lowest BCUT2D eigenvalue weighted by molar-refractivity contribution is -0.143. The first-order valence-corrected chi connectivity index (χ1v) is 7.63. The van der Waals surface area contributed by atoms with Crippen LogP contribution in [0.5, 0.6) is 17.2 Å². The number of carbonyl (C=O) groups is 2. The van der Waals surface area contributed by atoms with Crippen LogP contribution in [-0.2, 0) is 16.1 Å².